The summed E-state index contributed by atoms with van der Waals surface area (Å²) in [5.74, 6) is 1.10. The maximum absolute atomic E-state index is 13.1. The van der Waals surface area contributed by atoms with Crippen molar-refractivity contribution in [1.29, 1.82) is 0 Å². The number of furan rings is 1. The second kappa shape index (κ2) is 7.84. The molecule has 0 radical (unpaired) electrons. The monoisotopic (exact) mass is 385 g/mol. The van der Waals surface area contributed by atoms with E-state index in [9.17, 15) is 4.79 Å². The Balaban J connectivity index is 1.62. The van der Waals surface area contributed by atoms with Crippen molar-refractivity contribution in [2.75, 3.05) is 5.32 Å². The fraction of sp³-hybridized carbons (Fsp3) is 0.160. The molecular weight excluding hydrogens is 362 g/mol. The second-order valence-corrected chi connectivity index (χ2v) is 7.17. The van der Waals surface area contributed by atoms with Crippen LogP contribution < -0.4 is 10.1 Å². The number of anilines is 1. The van der Waals surface area contributed by atoms with E-state index in [2.05, 4.69) is 5.32 Å². The van der Waals surface area contributed by atoms with Crippen LogP contribution in [0.4, 0.5) is 5.69 Å². The van der Waals surface area contributed by atoms with Gasteiger partial charge < -0.3 is 14.5 Å². The summed E-state index contributed by atoms with van der Waals surface area (Å²) < 4.78 is 11.7. The summed E-state index contributed by atoms with van der Waals surface area (Å²) in [5, 5.41) is 3.77. The van der Waals surface area contributed by atoms with Crippen molar-refractivity contribution >= 4 is 22.6 Å². The van der Waals surface area contributed by atoms with Gasteiger partial charge in [-0.25, -0.2) is 0 Å². The molecule has 4 rings (SSSR count). The van der Waals surface area contributed by atoms with Gasteiger partial charge in [-0.1, -0.05) is 42.5 Å². The molecule has 0 fully saturated rings. The topological polar surface area (TPSA) is 51.5 Å². The molecule has 1 aromatic heterocycles. The van der Waals surface area contributed by atoms with Crippen LogP contribution in [0.5, 0.6) is 5.75 Å². The molecule has 29 heavy (non-hydrogen) atoms. The molecule has 4 nitrogen and oxygen atoms in total. The van der Waals surface area contributed by atoms with E-state index in [0.29, 0.717) is 29.3 Å². The number of carbonyl (C=O) groups excluding carboxylic acids is 1. The van der Waals surface area contributed by atoms with E-state index < -0.39 is 0 Å². The summed E-state index contributed by atoms with van der Waals surface area (Å²) in [6.45, 7) is 6.30. The van der Waals surface area contributed by atoms with Gasteiger partial charge in [-0.3, -0.25) is 4.79 Å². The lowest BCUT2D eigenvalue weighted by Crippen LogP contribution is -2.13. The number of amides is 1. The highest BCUT2D eigenvalue weighted by Crippen LogP contribution is 2.30. The Bertz CT molecular complexity index is 1180. The zero-order chi connectivity index (χ0) is 20.4. The van der Waals surface area contributed by atoms with Crippen molar-refractivity contribution in [3.8, 4) is 5.75 Å². The number of ether oxygens (including phenoxy) is 1. The largest absolute Gasteiger partial charge is 0.489 e. The zero-order valence-electron chi connectivity index (χ0n) is 16.8. The first-order valence-corrected chi connectivity index (χ1v) is 9.60. The quantitative estimate of drug-likeness (QED) is 0.446. The van der Waals surface area contributed by atoms with E-state index in [1.165, 1.54) is 0 Å². The van der Waals surface area contributed by atoms with Gasteiger partial charge in [0.1, 0.15) is 23.7 Å². The van der Waals surface area contributed by atoms with Crippen molar-refractivity contribution in [2.24, 2.45) is 0 Å². The number of rotatable bonds is 5. The molecule has 1 amide bonds. The van der Waals surface area contributed by atoms with Gasteiger partial charge in [0.05, 0.1) is 5.56 Å². The third-order valence-corrected chi connectivity index (χ3v) is 5.16. The van der Waals surface area contributed by atoms with Gasteiger partial charge in [0.15, 0.2) is 0 Å². The molecule has 1 heterocycles. The summed E-state index contributed by atoms with van der Waals surface area (Å²) >= 11 is 0. The number of fused-ring (bicyclic) bond motifs is 1. The van der Waals surface area contributed by atoms with Gasteiger partial charge in [0.2, 0.25) is 0 Å². The van der Waals surface area contributed by atoms with E-state index >= 15 is 0 Å². The molecular formula is C25H23NO3. The number of benzene rings is 3. The molecule has 0 aliphatic heterocycles. The van der Waals surface area contributed by atoms with Crippen LogP contribution in [0.25, 0.3) is 11.0 Å². The average Bonchev–Trinajstić information content (AvgIpc) is 3.05. The molecule has 3 aromatic carbocycles. The molecule has 146 valence electrons. The molecule has 4 aromatic rings. The van der Waals surface area contributed by atoms with Crippen LogP contribution in [0.1, 0.15) is 32.8 Å². The Kier molecular flexibility index (Phi) is 5.09. The minimum absolute atomic E-state index is 0.185. The molecule has 0 unspecified atom stereocenters. The van der Waals surface area contributed by atoms with Gasteiger partial charge in [0.25, 0.3) is 5.91 Å². The van der Waals surface area contributed by atoms with Crippen LogP contribution in [-0.4, -0.2) is 5.91 Å². The van der Waals surface area contributed by atoms with Gasteiger partial charge in [-0.2, -0.15) is 0 Å². The van der Waals surface area contributed by atoms with Crippen LogP contribution in [0.2, 0.25) is 0 Å². The number of nitrogens with one attached hydrogen (secondary N) is 1. The maximum atomic E-state index is 13.1. The van der Waals surface area contributed by atoms with Gasteiger partial charge in [0, 0.05) is 11.1 Å². The zero-order valence-corrected chi connectivity index (χ0v) is 16.8. The van der Waals surface area contributed by atoms with Crippen molar-refractivity contribution in [1.82, 2.24) is 0 Å². The smallest absolute Gasteiger partial charge is 0.259 e. The van der Waals surface area contributed by atoms with Crippen molar-refractivity contribution in [3.63, 3.8) is 0 Å². The lowest BCUT2D eigenvalue weighted by Gasteiger charge is -2.10. The maximum Gasteiger partial charge on any atom is 0.259 e. The first-order chi connectivity index (χ1) is 14.0. The summed E-state index contributed by atoms with van der Waals surface area (Å²) in [6.07, 6.45) is 0. The summed E-state index contributed by atoms with van der Waals surface area (Å²) in [5.41, 5.74) is 5.28. The Morgan fingerprint density at radius 1 is 0.966 bits per heavy atom. The molecule has 0 saturated heterocycles. The normalized spacial score (nSPS) is 10.9. The fourth-order valence-electron chi connectivity index (χ4n) is 3.38. The SMILES string of the molecule is Cc1cccc(NC(=O)c2c(C)oc3ccc(OCc4ccccc4)cc23)c1C. The minimum Gasteiger partial charge on any atom is -0.489 e. The van der Waals surface area contributed by atoms with Crippen molar-refractivity contribution in [2.45, 2.75) is 27.4 Å². The number of hydrogen-bond donors (Lipinski definition) is 1. The van der Waals surface area contributed by atoms with E-state index in [1.54, 1.807) is 0 Å². The number of carbonyl (C=O) groups is 1. The Labute approximate surface area is 170 Å². The van der Waals surface area contributed by atoms with E-state index in [4.69, 9.17) is 9.15 Å². The molecule has 0 aliphatic carbocycles. The Morgan fingerprint density at radius 2 is 1.76 bits per heavy atom. The molecule has 4 heteroatoms. The molecule has 0 spiro atoms. The highest BCUT2D eigenvalue weighted by Gasteiger charge is 2.19. The summed E-state index contributed by atoms with van der Waals surface area (Å²) in [4.78, 5) is 13.1. The van der Waals surface area contributed by atoms with Crippen molar-refractivity contribution < 1.29 is 13.9 Å². The standard InChI is InChI=1S/C25H23NO3/c1-16-8-7-11-22(17(16)2)26-25(27)24-18(3)29-23-13-12-20(14-21(23)24)28-15-19-9-5-4-6-10-19/h4-14H,15H2,1-3H3,(H,26,27). The third-order valence-electron chi connectivity index (χ3n) is 5.16. The van der Waals surface area contributed by atoms with Crippen LogP contribution in [0.15, 0.2) is 71.1 Å². The van der Waals surface area contributed by atoms with E-state index in [-0.39, 0.29) is 5.91 Å². The van der Waals surface area contributed by atoms with E-state index in [1.807, 2.05) is 87.5 Å². The first kappa shape index (κ1) is 18.8. The van der Waals surface area contributed by atoms with Crippen molar-refractivity contribution in [3.05, 3.63) is 94.7 Å². The molecule has 0 bridgehead atoms. The molecule has 1 N–H and O–H groups in total. The highest BCUT2D eigenvalue weighted by molar-refractivity contribution is 6.13. The fourth-order valence-corrected chi connectivity index (χ4v) is 3.38. The lowest BCUT2D eigenvalue weighted by atomic mass is 10.1. The predicted octanol–water partition coefficient (Wildman–Crippen LogP) is 6.19. The van der Waals surface area contributed by atoms with Gasteiger partial charge in [-0.05, 0) is 61.7 Å². The Hall–Kier alpha value is -3.53. The molecule has 0 saturated carbocycles. The van der Waals surface area contributed by atoms with Crippen LogP contribution in [-0.2, 0) is 6.61 Å². The third kappa shape index (κ3) is 3.87. The second-order valence-electron chi connectivity index (χ2n) is 7.17. The Morgan fingerprint density at radius 3 is 2.55 bits per heavy atom. The van der Waals surface area contributed by atoms with Crippen LogP contribution in [0.3, 0.4) is 0 Å². The average molecular weight is 385 g/mol. The lowest BCUT2D eigenvalue weighted by molar-refractivity contribution is 0.102. The van der Waals surface area contributed by atoms with Crippen LogP contribution >= 0.6 is 0 Å². The first-order valence-electron chi connectivity index (χ1n) is 9.60. The minimum atomic E-state index is -0.185. The number of aryl methyl sites for hydroxylation is 2. The summed E-state index contributed by atoms with van der Waals surface area (Å²) in [6, 6.07) is 21.4. The predicted molar refractivity (Wildman–Crippen MR) is 116 cm³/mol. The van der Waals surface area contributed by atoms with Gasteiger partial charge in [-0.15, -0.1) is 0 Å². The summed E-state index contributed by atoms with van der Waals surface area (Å²) in [7, 11) is 0. The number of hydrogen-bond acceptors (Lipinski definition) is 3. The molecule has 0 aliphatic rings. The molecule has 0 atom stereocenters. The van der Waals surface area contributed by atoms with Crippen LogP contribution in [0, 0.1) is 20.8 Å². The van der Waals surface area contributed by atoms with E-state index in [0.717, 1.165) is 27.8 Å². The highest BCUT2D eigenvalue weighted by atomic mass is 16.5. The van der Waals surface area contributed by atoms with Gasteiger partial charge >= 0.3 is 0 Å².